The zero-order chi connectivity index (χ0) is 18.1. The highest BCUT2D eigenvalue weighted by Crippen LogP contribution is 2.23. The Labute approximate surface area is 143 Å². The molecule has 0 aliphatic carbocycles. The van der Waals surface area contributed by atoms with Crippen LogP contribution in [-0.4, -0.2) is 30.1 Å². The lowest BCUT2D eigenvalue weighted by Gasteiger charge is -2.08. The number of phenolic OH excluding ortho intramolecular Hbond substituents is 1. The summed E-state index contributed by atoms with van der Waals surface area (Å²) in [5.41, 5.74) is 11.0. The van der Waals surface area contributed by atoms with Gasteiger partial charge in [0.1, 0.15) is 5.75 Å². The lowest BCUT2D eigenvalue weighted by atomic mass is 10.1. The largest absolute Gasteiger partial charge is 0.508 e. The zero-order valence-corrected chi connectivity index (χ0v) is 13.3. The first-order valence-corrected chi connectivity index (χ1v) is 7.42. The molecule has 0 fully saturated rings. The summed E-state index contributed by atoms with van der Waals surface area (Å²) in [5, 5.41) is 20.1. The fourth-order valence-electron chi connectivity index (χ4n) is 1.87. The minimum absolute atomic E-state index is 0.137. The molecule has 0 saturated carbocycles. The Morgan fingerprint density at radius 1 is 1.00 bits per heavy atom. The van der Waals surface area contributed by atoms with Crippen molar-refractivity contribution >= 4 is 23.3 Å². The normalized spacial score (nSPS) is 10.6. The van der Waals surface area contributed by atoms with Gasteiger partial charge in [0.25, 0.3) is 5.91 Å². The third kappa shape index (κ3) is 5.92. The minimum atomic E-state index is -0.702. The van der Waals surface area contributed by atoms with E-state index in [1.165, 1.54) is 12.1 Å². The van der Waals surface area contributed by atoms with Gasteiger partial charge in [0, 0.05) is 13.1 Å². The van der Waals surface area contributed by atoms with Crippen molar-refractivity contribution in [3.8, 4) is 5.75 Å². The molecule has 25 heavy (non-hydrogen) atoms. The fourth-order valence-corrected chi connectivity index (χ4v) is 1.87. The highest BCUT2D eigenvalue weighted by atomic mass is 16.3. The molecule has 0 aromatic heterocycles. The molecule has 2 rings (SSSR count). The summed E-state index contributed by atoms with van der Waals surface area (Å²) in [5.74, 6) is -0.181. The molecular weight excluding hydrogens is 324 g/mol. The molecule has 130 valence electrons. The Kier molecular flexibility index (Phi) is 6.43. The number of urea groups is 1. The summed E-state index contributed by atoms with van der Waals surface area (Å²) in [6.45, 7) is 0.592. The van der Waals surface area contributed by atoms with Gasteiger partial charge in [-0.15, -0.1) is 5.11 Å². The first-order valence-electron chi connectivity index (χ1n) is 7.42. The van der Waals surface area contributed by atoms with Gasteiger partial charge in [-0.2, -0.15) is 5.11 Å². The van der Waals surface area contributed by atoms with E-state index in [9.17, 15) is 14.7 Å². The van der Waals surface area contributed by atoms with E-state index in [1.807, 2.05) is 0 Å². The molecule has 9 heteroatoms. The highest BCUT2D eigenvalue weighted by Gasteiger charge is 2.10. The topological polar surface area (TPSA) is 141 Å². The number of hydrogen-bond acceptors (Lipinski definition) is 6. The average Bonchev–Trinajstić information content (AvgIpc) is 2.61. The molecule has 0 atom stereocenters. The molecule has 0 aliphatic rings. The van der Waals surface area contributed by atoms with Crippen LogP contribution in [0.3, 0.4) is 0 Å². The smallest absolute Gasteiger partial charge is 0.326 e. The van der Waals surface area contributed by atoms with Crippen LogP contribution in [0.25, 0.3) is 0 Å². The number of nitrogens with one attached hydrogen (secondary N) is 3. The molecule has 0 bridgehead atoms. The molecule has 2 aromatic carbocycles. The molecule has 0 unspecified atom stereocenters. The Hall–Kier alpha value is -3.46. The molecule has 3 amide bonds. The Morgan fingerprint density at radius 3 is 2.44 bits per heavy atom. The van der Waals surface area contributed by atoms with E-state index in [0.717, 1.165) is 0 Å². The number of amides is 3. The monoisotopic (exact) mass is 342 g/mol. The summed E-state index contributed by atoms with van der Waals surface area (Å²) in [7, 11) is 0. The van der Waals surface area contributed by atoms with Crippen LogP contribution in [0.2, 0.25) is 0 Å². The number of nitrogens with two attached hydrogens (primary N) is 1. The number of aromatic hydroxyl groups is 1. The third-order valence-electron chi connectivity index (χ3n) is 3.02. The van der Waals surface area contributed by atoms with Gasteiger partial charge in [-0.1, -0.05) is 12.1 Å². The standard InChI is InChI=1S/C16H18N6O3/c17-16(25)22-19-10-9-18-15(24)13-3-1-2-4-14(13)21-20-11-5-7-12(23)8-6-11/h1-8,19,23H,9-10H2,(H,18,24)(H3,17,22,25). The van der Waals surface area contributed by atoms with Crippen molar-refractivity contribution < 1.29 is 14.7 Å². The van der Waals surface area contributed by atoms with Gasteiger partial charge >= 0.3 is 6.03 Å². The van der Waals surface area contributed by atoms with Crippen LogP contribution in [0.4, 0.5) is 16.2 Å². The van der Waals surface area contributed by atoms with Crippen LogP contribution in [0.15, 0.2) is 58.8 Å². The number of benzene rings is 2. The van der Waals surface area contributed by atoms with Gasteiger partial charge in [-0.25, -0.2) is 10.2 Å². The summed E-state index contributed by atoms with van der Waals surface area (Å²) in [6, 6.07) is 12.3. The van der Waals surface area contributed by atoms with Crippen LogP contribution in [0.5, 0.6) is 5.75 Å². The van der Waals surface area contributed by atoms with Gasteiger partial charge < -0.3 is 16.2 Å². The van der Waals surface area contributed by atoms with Gasteiger partial charge in [-0.3, -0.25) is 10.2 Å². The Morgan fingerprint density at radius 2 is 1.72 bits per heavy atom. The molecule has 2 aromatic rings. The molecule has 0 saturated heterocycles. The molecule has 0 spiro atoms. The molecular formula is C16H18N6O3. The maximum absolute atomic E-state index is 12.2. The molecule has 0 radical (unpaired) electrons. The summed E-state index contributed by atoms with van der Waals surface area (Å²) >= 11 is 0. The molecule has 0 aliphatic heterocycles. The second kappa shape index (κ2) is 8.99. The van der Waals surface area contributed by atoms with Crippen molar-refractivity contribution in [2.45, 2.75) is 0 Å². The van der Waals surface area contributed by atoms with E-state index in [-0.39, 0.29) is 18.2 Å². The Balaban J connectivity index is 1.98. The zero-order valence-electron chi connectivity index (χ0n) is 13.3. The first-order chi connectivity index (χ1) is 12.1. The van der Waals surface area contributed by atoms with E-state index in [2.05, 4.69) is 26.4 Å². The van der Waals surface area contributed by atoms with Crippen LogP contribution in [0, 0.1) is 0 Å². The number of phenols is 1. The van der Waals surface area contributed by atoms with Crippen LogP contribution >= 0.6 is 0 Å². The van der Waals surface area contributed by atoms with Crippen molar-refractivity contribution in [3.05, 3.63) is 54.1 Å². The van der Waals surface area contributed by atoms with Crippen LogP contribution in [0.1, 0.15) is 10.4 Å². The molecule has 6 N–H and O–H groups in total. The van der Waals surface area contributed by atoms with Crippen LogP contribution < -0.4 is 21.9 Å². The van der Waals surface area contributed by atoms with Crippen molar-refractivity contribution in [2.24, 2.45) is 16.0 Å². The number of hydrogen-bond donors (Lipinski definition) is 5. The number of rotatable bonds is 7. The maximum atomic E-state index is 12.2. The number of nitrogens with zero attached hydrogens (tertiary/aromatic N) is 2. The van der Waals surface area contributed by atoms with E-state index in [4.69, 9.17) is 5.73 Å². The van der Waals surface area contributed by atoms with E-state index in [1.54, 1.807) is 36.4 Å². The fraction of sp³-hybridized carbons (Fsp3) is 0.125. The van der Waals surface area contributed by atoms with E-state index >= 15 is 0 Å². The average molecular weight is 342 g/mol. The predicted molar refractivity (Wildman–Crippen MR) is 91.8 cm³/mol. The third-order valence-corrected chi connectivity index (χ3v) is 3.02. The first kappa shape index (κ1) is 17.9. The van der Waals surface area contributed by atoms with E-state index < -0.39 is 6.03 Å². The predicted octanol–water partition coefficient (Wildman–Crippen LogP) is 1.71. The second-order valence-electron chi connectivity index (χ2n) is 4.91. The number of carbonyl (C=O) groups is 2. The highest BCUT2D eigenvalue weighted by molar-refractivity contribution is 5.98. The quantitative estimate of drug-likeness (QED) is 0.297. The van der Waals surface area contributed by atoms with Gasteiger partial charge in [0.2, 0.25) is 0 Å². The maximum Gasteiger partial charge on any atom is 0.326 e. The van der Waals surface area contributed by atoms with E-state index in [0.29, 0.717) is 23.5 Å². The summed E-state index contributed by atoms with van der Waals surface area (Å²) < 4.78 is 0. The number of primary amides is 1. The molecule has 0 heterocycles. The molecule has 9 nitrogen and oxygen atoms in total. The van der Waals surface area contributed by atoms with Crippen LogP contribution in [-0.2, 0) is 0 Å². The van der Waals surface area contributed by atoms with Gasteiger partial charge in [0.15, 0.2) is 0 Å². The minimum Gasteiger partial charge on any atom is -0.508 e. The van der Waals surface area contributed by atoms with Crippen molar-refractivity contribution in [3.63, 3.8) is 0 Å². The van der Waals surface area contributed by atoms with Crippen molar-refractivity contribution in [1.82, 2.24) is 16.2 Å². The SMILES string of the molecule is NC(=O)NNCCNC(=O)c1ccccc1N=Nc1ccc(O)cc1. The summed E-state index contributed by atoms with van der Waals surface area (Å²) in [4.78, 5) is 22.7. The number of azo groups is 1. The lowest BCUT2D eigenvalue weighted by molar-refractivity contribution is 0.0954. The summed E-state index contributed by atoms with van der Waals surface area (Å²) in [6.07, 6.45) is 0. The second-order valence-corrected chi connectivity index (χ2v) is 4.91. The van der Waals surface area contributed by atoms with Gasteiger partial charge in [-0.05, 0) is 36.4 Å². The number of hydrazine groups is 1. The Bertz CT molecular complexity index is 761. The van der Waals surface area contributed by atoms with Crippen molar-refractivity contribution in [1.29, 1.82) is 0 Å². The number of carbonyl (C=O) groups excluding carboxylic acids is 2. The van der Waals surface area contributed by atoms with Crippen molar-refractivity contribution in [2.75, 3.05) is 13.1 Å². The van der Waals surface area contributed by atoms with Gasteiger partial charge in [0.05, 0.1) is 16.9 Å². The lowest BCUT2D eigenvalue weighted by Crippen LogP contribution is -2.44.